The van der Waals surface area contributed by atoms with Crippen molar-refractivity contribution in [3.05, 3.63) is 29.8 Å². The molecule has 2 rings (SSSR count). The minimum absolute atomic E-state index is 0.0666. The lowest BCUT2D eigenvalue weighted by atomic mass is 10.2. The maximum absolute atomic E-state index is 10.5. The number of ether oxygens (including phenoxy) is 1. The molecule has 1 atom stereocenters. The number of aryl methyl sites for hydroxylation is 1. The normalized spacial score (nSPS) is 19.6. The molecule has 0 aromatic heterocycles. The number of aliphatic hydroxyl groups is 1. The predicted molar refractivity (Wildman–Crippen MR) is 62.2 cm³/mol. The fraction of sp³-hybridized carbons (Fsp3) is 0.455. The lowest BCUT2D eigenvalue weighted by Crippen LogP contribution is -1.99. The third-order valence-electron chi connectivity index (χ3n) is 2.22. The first-order valence-corrected chi connectivity index (χ1v) is 6.67. The monoisotopic (exact) mass is 260 g/mol. The molecule has 1 fully saturated rings. The molecule has 1 aliphatic heterocycles. The van der Waals surface area contributed by atoms with Crippen molar-refractivity contribution in [3.8, 4) is 0 Å². The summed E-state index contributed by atoms with van der Waals surface area (Å²) < 4.78 is 34.3. The van der Waals surface area contributed by atoms with Gasteiger partial charge in [-0.1, -0.05) is 17.7 Å². The van der Waals surface area contributed by atoms with Crippen molar-refractivity contribution in [1.29, 1.82) is 0 Å². The maximum Gasteiger partial charge on any atom is 0.294 e. The molecule has 0 aliphatic carbocycles. The fourth-order valence-corrected chi connectivity index (χ4v) is 1.75. The number of rotatable bonds is 1. The molecular weight excluding hydrogens is 244 g/mol. The van der Waals surface area contributed by atoms with Crippen LogP contribution in [0.2, 0.25) is 0 Å². The van der Waals surface area contributed by atoms with Crippen molar-refractivity contribution >= 4 is 10.1 Å². The first kappa shape index (κ1) is 14.1. The van der Waals surface area contributed by atoms with E-state index in [1.165, 1.54) is 12.1 Å². The Morgan fingerprint density at radius 2 is 1.88 bits per heavy atom. The van der Waals surface area contributed by atoms with E-state index in [1.54, 1.807) is 12.1 Å². The Kier molecular flexibility index (Phi) is 5.07. The van der Waals surface area contributed by atoms with E-state index in [-0.39, 0.29) is 4.90 Å². The van der Waals surface area contributed by atoms with Crippen molar-refractivity contribution in [2.75, 3.05) is 6.61 Å². The van der Waals surface area contributed by atoms with Gasteiger partial charge in [0, 0.05) is 13.0 Å². The van der Waals surface area contributed by atoms with E-state index in [1.807, 2.05) is 6.92 Å². The van der Waals surface area contributed by atoms with Crippen molar-refractivity contribution in [3.63, 3.8) is 0 Å². The second-order valence-electron chi connectivity index (χ2n) is 3.76. The standard InChI is InChI=1S/C7H8O3S.C4H8O2/c1-6-2-4-7(5-3-6)11(8,9)10;5-4-2-1-3-6-4/h2-5H,1H3,(H,8,9,10);4-5H,1-3H2. The smallest absolute Gasteiger partial charge is 0.294 e. The summed E-state index contributed by atoms with van der Waals surface area (Å²) in [5, 5.41) is 8.51. The summed E-state index contributed by atoms with van der Waals surface area (Å²) in [6, 6.07) is 5.99. The van der Waals surface area contributed by atoms with Gasteiger partial charge < -0.3 is 9.84 Å². The molecule has 0 amide bonds. The summed E-state index contributed by atoms with van der Waals surface area (Å²) in [4.78, 5) is -0.0666. The molecule has 1 heterocycles. The Labute approximate surface area is 101 Å². The van der Waals surface area contributed by atoms with Gasteiger partial charge in [0.05, 0.1) is 4.90 Å². The van der Waals surface area contributed by atoms with Crippen molar-refractivity contribution in [1.82, 2.24) is 0 Å². The highest BCUT2D eigenvalue weighted by atomic mass is 32.2. The third-order valence-corrected chi connectivity index (χ3v) is 3.09. The molecule has 1 aromatic rings. The Balaban J connectivity index is 0.000000202. The minimum atomic E-state index is -4.02. The van der Waals surface area contributed by atoms with Gasteiger partial charge >= 0.3 is 0 Å². The molecule has 2 N–H and O–H groups in total. The van der Waals surface area contributed by atoms with Crippen LogP contribution in [0.25, 0.3) is 0 Å². The summed E-state index contributed by atoms with van der Waals surface area (Å²) >= 11 is 0. The molecule has 1 aliphatic rings. The van der Waals surface area contributed by atoms with Crippen molar-refractivity contribution in [2.45, 2.75) is 31.0 Å². The first-order chi connectivity index (χ1) is 7.89. The molecule has 96 valence electrons. The fourth-order valence-electron chi connectivity index (χ4n) is 1.27. The second-order valence-corrected chi connectivity index (χ2v) is 5.18. The largest absolute Gasteiger partial charge is 0.368 e. The zero-order valence-electron chi connectivity index (χ0n) is 9.54. The summed E-state index contributed by atoms with van der Waals surface area (Å²) in [6.07, 6.45) is 1.38. The van der Waals surface area contributed by atoms with Crippen LogP contribution >= 0.6 is 0 Å². The number of hydrogen-bond acceptors (Lipinski definition) is 4. The second kappa shape index (κ2) is 6.11. The van der Waals surface area contributed by atoms with Crippen LogP contribution in [0.3, 0.4) is 0 Å². The molecule has 0 radical (unpaired) electrons. The van der Waals surface area contributed by atoms with Gasteiger partial charge in [-0.2, -0.15) is 8.42 Å². The molecule has 1 aromatic carbocycles. The number of benzene rings is 1. The van der Waals surface area contributed by atoms with E-state index in [9.17, 15) is 8.42 Å². The zero-order chi connectivity index (χ0) is 12.9. The van der Waals surface area contributed by atoms with E-state index in [0.29, 0.717) is 0 Å². The topological polar surface area (TPSA) is 83.8 Å². The van der Waals surface area contributed by atoms with Crippen molar-refractivity contribution in [2.24, 2.45) is 0 Å². The van der Waals surface area contributed by atoms with Crippen LogP contribution in [-0.4, -0.2) is 31.0 Å². The molecule has 17 heavy (non-hydrogen) atoms. The van der Waals surface area contributed by atoms with E-state index in [0.717, 1.165) is 25.0 Å². The van der Waals surface area contributed by atoms with Crippen LogP contribution in [-0.2, 0) is 14.9 Å². The van der Waals surface area contributed by atoms with Gasteiger partial charge in [0.25, 0.3) is 10.1 Å². The maximum atomic E-state index is 10.5. The van der Waals surface area contributed by atoms with E-state index < -0.39 is 16.4 Å². The Morgan fingerprint density at radius 1 is 1.29 bits per heavy atom. The highest BCUT2D eigenvalue weighted by Gasteiger charge is 2.09. The Bertz CT molecular complexity index is 431. The highest BCUT2D eigenvalue weighted by Crippen LogP contribution is 2.08. The van der Waals surface area contributed by atoms with Gasteiger partial charge in [-0.15, -0.1) is 0 Å². The summed E-state index contributed by atoms with van der Waals surface area (Å²) in [7, 11) is -4.02. The first-order valence-electron chi connectivity index (χ1n) is 5.23. The summed E-state index contributed by atoms with van der Waals surface area (Å²) in [5.74, 6) is 0. The van der Waals surface area contributed by atoms with Crippen LogP contribution in [0.4, 0.5) is 0 Å². The molecule has 1 saturated heterocycles. The molecular formula is C11H16O5S. The van der Waals surface area contributed by atoms with Gasteiger partial charge in [-0.05, 0) is 25.5 Å². The average Bonchev–Trinajstić information content (AvgIpc) is 2.69. The Morgan fingerprint density at radius 3 is 2.18 bits per heavy atom. The molecule has 6 heteroatoms. The van der Waals surface area contributed by atoms with Crippen LogP contribution in [0, 0.1) is 6.92 Å². The molecule has 0 spiro atoms. The van der Waals surface area contributed by atoms with E-state index in [4.69, 9.17) is 14.4 Å². The van der Waals surface area contributed by atoms with Crippen LogP contribution < -0.4 is 0 Å². The van der Waals surface area contributed by atoms with E-state index in [2.05, 4.69) is 0 Å². The van der Waals surface area contributed by atoms with Crippen LogP contribution in [0.15, 0.2) is 29.2 Å². The van der Waals surface area contributed by atoms with Gasteiger partial charge in [0.15, 0.2) is 6.29 Å². The number of aliphatic hydroxyl groups excluding tert-OH is 1. The number of hydrogen-bond donors (Lipinski definition) is 2. The predicted octanol–water partition coefficient (Wildman–Crippen LogP) is 1.36. The quantitative estimate of drug-likeness (QED) is 0.745. The van der Waals surface area contributed by atoms with Gasteiger partial charge in [-0.25, -0.2) is 0 Å². The van der Waals surface area contributed by atoms with E-state index >= 15 is 0 Å². The summed E-state index contributed by atoms with van der Waals surface area (Å²) in [6.45, 7) is 2.58. The SMILES string of the molecule is Cc1ccc(S(=O)(=O)O)cc1.OC1CCCO1. The summed E-state index contributed by atoms with van der Waals surface area (Å²) in [5.41, 5.74) is 0.956. The average molecular weight is 260 g/mol. The Hall–Kier alpha value is -0.950. The van der Waals surface area contributed by atoms with Crippen LogP contribution in [0.5, 0.6) is 0 Å². The van der Waals surface area contributed by atoms with Gasteiger partial charge in [-0.3, -0.25) is 4.55 Å². The molecule has 0 saturated carbocycles. The highest BCUT2D eigenvalue weighted by molar-refractivity contribution is 7.85. The minimum Gasteiger partial charge on any atom is -0.368 e. The van der Waals surface area contributed by atoms with Crippen molar-refractivity contribution < 1.29 is 22.8 Å². The molecule has 0 bridgehead atoms. The zero-order valence-corrected chi connectivity index (χ0v) is 10.4. The molecule has 5 nitrogen and oxygen atoms in total. The lowest BCUT2D eigenvalue weighted by Gasteiger charge is -1.95. The van der Waals surface area contributed by atoms with Gasteiger partial charge in [0.1, 0.15) is 0 Å². The molecule has 1 unspecified atom stereocenters. The third kappa shape index (κ3) is 5.27. The van der Waals surface area contributed by atoms with Gasteiger partial charge in [0.2, 0.25) is 0 Å². The lowest BCUT2D eigenvalue weighted by molar-refractivity contribution is -0.0589. The van der Waals surface area contributed by atoms with Crippen LogP contribution in [0.1, 0.15) is 18.4 Å².